The van der Waals surface area contributed by atoms with Crippen LogP contribution in [0.4, 0.5) is 0 Å². The molecule has 0 spiro atoms. The van der Waals surface area contributed by atoms with Gasteiger partial charge in [-0.2, -0.15) is 0 Å². The molecule has 1 N–H and O–H groups in total. The molecule has 1 atom stereocenters. The van der Waals surface area contributed by atoms with Gasteiger partial charge in [0.15, 0.2) is 5.22 Å². The topological polar surface area (TPSA) is 33.4 Å². The van der Waals surface area contributed by atoms with Crippen molar-refractivity contribution >= 4 is 43.5 Å². The zero-order valence-corrected chi connectivity index (χ0v) is 12.8. The van der Waals surface area contributed by atoms with Crippen LogP contribution in [0.15, 0.2) is 37.6 Å². The van der Waals surface area contributed by atoms with Crippen molar-refractivity contribution in [3.63, 3.8) is 0 Å². The Hall–Kier alpha value is -0.290. The smallest absolute Gasteiger partial charge is 0.193 e. The van der Waals surface area contributed by atoms with Crippen LogP contribution in [-0.4, -0.2) is 5.11 Å². The van der Waals surface area contributed by atoms with Gasteiger partial charge in [-0.05, 0) is 48.4 Å². The fourth-order valence-corrected chi connectivity index (χ4v) is 2.69. The standard InChI is InChI=1S/C12H9Br2ClO2/c1-6-4-9(14)7(5-8(6)13)12(16)10-2-3-11(15)17-10/h2-5,12,16H,1H3. The first-order chi connectivity index (χ1) is 7.99. The van der Waals surface area contributed by atoms with E-state index in [0.717, 1.165) is 20.1 Å². The van der Waals surface area contributed by atoms with Crippen molar-refractivity contribution in [1.82, 2.24) is 0 Å². The minimum atomic E-state index is -0.839. The van der Waals surface area contributed by atoms with Crippen LogP contribution in [-0.2, 0) is 0 Å². The second kappa shape index (κ2) is 5.14. The van der Waals surface area contributed by atoms with E-state index in [4.69, 9.17) is 16.0 Å². The molecule has 0 aliphatic carbocycles. The number of rotatable bonds is 2. The summed E-state index contributed by atoms with van der Waals surface area (Å²) in [6.07, 6.45) is -0.839. The molecule has 0 radical (unpaired) electrons. The molecule has 0 aliphatic rings. The highest BCUT2D eigenvalue weighted by Crippen LogP contribution is 2.34. The van der Waals surface area contributed by atoms with E-state index in [1.54, 1.807) is 12.1 Å². The third-order valence-electron chi connectivity index (χ3n) is 2.44. The summed E-state index contributed by atoms with van der Waals surface area (Å²) in [6.45, 7) is 1.98. The van der Waals surface area contributed by atoms with Gasteiger partial charge in [-0.3, -0.25) is 0 Å². The van der Waals surface area contributed by atoms with Crippen LogP contribution in [0.25, 0.3) is 0 Å². The predicted molar refractivity (Wildman–Crippen MR) is 74.4 cm³/mol. The van der Waals surface area contributed by atoms with Gasteiger partial charge in [0.1, 0.15) is 11.9 Å². The van der Waals surface area contributed by atoms with Crippen molar-refractivity contribution in [3.05, 3.63) is 55.3 Å². The fourth-order valence-electron chi connectivity index (χ4n) is 1.50. The molecule has 1 unspecified atom stereocenters. The van der Waals surface area contributed by atoms with Crippen LogP contribution >= 0.6 is 43.5 Å². The van der Waals surface area contributed by atoms with Crippen LogP contribution in [0.1, 0.15) is 23.0 Å². The molecular formula is C12H9Br2ClO2. The maximum Gasteiger partial charge on any atom is 0.193 e. The Morgan fingerprint density at radius 3 is 2.53 bits per heavy atom. The number of benzene rings is 1. The number of hydrogen-bond acceptors (Lipinski definition) is 2. The molecule has 0 saturated carbocycles. The Labute approximate surface area is 121 Å². The van der Waals surface area contributed by atoms with Gasteiger partial charge in [-0.1, -0.05) is 31.9 Å². The zero-order valence-electron chi connectivity index (χ0n) is 8.88. The molecule has 2 rings (SSSR count). The van der Waals surface area contributed by atoms with E-state index >= 15 is 0 Å². The highest BCUT2D eigenvalue weighted by molar-refractivity contribution is 9.11. The Kier molecular flexibility index (Phi) is 3.98. The molecule has 17 heavy (non-hydrogen) atoms. The summed E-state index contributed by atoms with van der Waals surface area (Å²) >= 11 is 12.6. The van der Waals surface area contributed by atoms with Gasteiger partial charge >= 0.3 is 0 Å². The van der Waals surface area contributed by atoms with Gasteiger partial charge in [0.05, 0.1) is 0 Å². The van der Waals surface area contributed by atoms with E-state index in [1.165, 1.54) is 0 Å². The number of aliphatic hydroxyl groups is 1. The highest BCUT2D eigenvalue weighted by atomic mass is 79.9. The molecule has 5 heteroatoms. The Morgan fingerprint density at radius 1 is 1.24 bits per heavy atom. The summed E-state index contributed by atoms with van der Waals surface area (Å²) in [5.41, 5.74) is 1.82. The van der Waals surface area contributed by atoms with E-state index in [0.29, 0.717) is 5.76 Å². The Balaban J connectivity index is 2.43. The first kappa shape index (κ1) is 13.1. The second-order valence-electron chi connectivity index (χ2n) is 3.67. The number of halogens is 3. The molecule has 1 heterocycles. The number of furan rings is 1. The van der Waals surface area contributed by atoms with Crippen LogP contribution in [0.2, 0.25) is 5.22 Å². The highest BCUT2D eigenvalue weighted by Gasteiger charge is 2.18. The lowest BCUT2D eigenvalue weighted by molar-refractivity contribution is 0.189. The van der Waals surface area contributed by atoms with E-state index in [9.17, 15) is 5.11 Å². The van der Waals surface area contributed by atoms with Crippen molar-refractivity contribution in [2.75, 3.05) is 0 Å². The van der Waals surface area contributed by atoms with Gasteiger partial charge < -0.3 is 9.52 Å². The fraction of sp³-hybridized carbons (Fsp3) is 0.167. The van der Waals surface area contributed by atoms with Gasteiger partial charge in [0.25, 0.3) is 0 Å². The first-order valence-corrected chi connectivity index (χ1v) is 6.84. The summed E-state index contributed by atoms with van der Waals surface area (Å²) in [6, 6.07) is 7.07. The van der Waals surface area contributed by atoms with E-state index in [-0.39, 0.29) is 5.22 Å². The summed E-state index contributed by atoms with van der Waals surface area (Å²) in [4.78, 5) is 0. The van der Waals surface area contributed by atoms with Gasteiger partial charge in [0, 0.05) is 14.5 Å². The van der Waals surface area contributed by atoms with Gasteiger partial charge in [0.2, 0.25) is 0 Å². The minimum absolute atomic E-state index is 0.265. The van der Waals surface area contributed by atoms with Crippen molar-refractivity contribution in [2.24, 2.45) is 0 Å². The maximum atomic E-state index is 10.2. The van der Waals surface area contributed by atoms with E-state index < -0.39 is 6.10 Å². The van der Waals surface area contributed by atoms with Crippen LogP contribution < -0.4 is 0 Å². The Morgan fingerprint density at radius 2 is 1.94 bits per heavy atom. The maximum absolute atomic E-state index is 10.2. The largest absolute Gasteiger partial charge is 0.447 e. The lowest BCUT2D eigenvalue weighted by Gasteiger charge is -2.12. The van der Waals surface area contributed by atoms with Gasteiger partial charge in [-0.25, -0.2) is 0 Å². The molecule has 0 bridgehead atoms. The predicted octanol–water partition coefficient (Wildman–Crippen LogP) is 4.85. The number of hydrogen-bond donors (Lipinski definition) is 1. The third kappa shape index (κ3) is 2.76. The molecule has 0 amide bonds. The van der Waals surface area contributed by atoms with Crippen molar-refractivity contribution in [3.8, 4) is 0 Å². The molecule has 90 valence electrons. The van der Waals surface area contributed by atoms with Crippen LogP contribution in [0.3, 0.4) is 0 Å². The molecule has 0 fully saturated rings. The molecule has 2 nitrogen and oxygen atoms in total. The first-order valence-electron chi connectivity index (χ1n) is 4.88. The quantitative estimate of drug-likeness (QED) is 0.808. The monoisotopic (exact) mass is 378 g/mol. The summed E-state index contributed by atoms with van der Waals surface area (Å²) in [7, 11) is 0. The van der Waals surface area contributed by atoms with E-state index in [1.807, 2.05) is 19.1 Å². The molecule has 0 aliphatic heterocycles. The summed E-state index contributed by atoms with van der Waals surface area (Å²) in [5.74, 6) is 0.423. The van der Waals surface area contributed by atoms with E-state index in [2.05, 4.69) is 31.9 Å². The summed E-state index contributed by atoms with van der Waals surface area (Å²) in [5, 5.41) is 10.5. The number of aryl methyl sites for hydroxylation is 1. The average Bonchev–Trinajstić information content (AvgIpc) is 2.69. The molecule has 2 aromatic rings. The molecule has 1 aromatic heterocycles. The number of aliphatic hydroxyl groups excluding tert-OH is 1. The molecule has 0 saturated heterocycles. The zero-order chi connectivity index (χ0) is 12.6. The van der Waals surface area contributed by atoms with Crippen molar-refractivity contribution in [1.29, 1.82) is 0 Å². The summed E-state index contributed by atoms with van der Waals surface area (Å²) < 4.78 is 6.97. The van der Waals surface area contributed by atoms with Crippen molar-refractivity contribution in [2.45, 2.75) is 13.0 Å². The Bertz CT molecular complexity index is 551. The second-order valence-corrected chi connectivity index (χ2v) is 5.75. The SMILES string of the molecule is Cc1cc(Br)c(C(O)c2ccc(Cl)o2)cc1Br. The minimum Gasteiger partial charge on any atom is -0.447 e. The van der Waals surface area contributed by atoms with Crippen LogP contribution in [0, 0.1) is 6.92 Å². The van der Waals surface area contributed by atoms with Crippen LogP contribution in [0.5, 0.6) is 0 Å². The average molecular weight is 380 g/mol. The van der Waals surface area contributed by atoms with Gasteiger partial charge in [-0.15, -0.1) is 0 Å². The lowest BCUT2D eigenvalue weighted by atomic mass is 10.1. The molecular weight excluding hydrogens is 371 g/mol. The normalized spacial score (nSPS) is 12.8. The third-order valence-corrected chi connectivity index (χ3v) is 4.18. The van der Waals surface area contributed by atoms with Crippen molar-refractivity contribution < 1.29 is 9.52 Å². The lowest BCUT2D eigenvalue weighted by Crippen LogP contribution is -2.00. The molecule has 1 aromatic carbocycles.